The Bertz CT molecular complexity index is 823. The second-order valence-electron chi connectivity index (χ2n) is 5.63. The molecule has 1 unspecified atom stereocenters. The van der Waals surface area contributed by atoms with Gasteiger partial charge < -0.3 is 4.90 Å². The van der Waals surface area contributed by atoms with Crippen molar-refractivity contribution in [2.24, 2.45) is 7.05 Å². The molecule has 0 N–H and O–H groups in total. The van der Waals surface area contributed by atoms with Crippen LogP contribution in [0.3, 0.4) is 0 Å². The van der Waals surface area contributed by atoms with E-state index in [4.69, 9.17) is 11.6 Å². The monoisotopic (exact) mass is 335 g/mol. The molecule has 1 saturated heterocycles. The average molecular weight is 336 g/mol. The maximum atomic E-state index is 15.2. The summed E-state index contributed by atoms with van der Waals surface area (Å²) in [4.78, 5) is 25.2. The van der Waals surface area contributed by atoms with Gasteiger partial charge in [0.05, 0.1) is 6.54 Å². The van der Waals surface area contributed by atoms with E-state index in [-0.39, 0.29) is 36.7 Å². The number of aryl methyl sites for hydroxylation is 1. The fraction of sp³-hybridized carbons (Fsp3) is 0.312. The summed E-state index contributed by atoms with van der Waals surface area (Å²) < 4.78 is 16.3. The summed E-state index contributed by atoms with van der Waals surface area (Å²) >= 11 is 5.92. The molecule has 1 atom stereocenters. The van der Waals surface area contributed by atoms with Gasteiger partial charge in [-0.3, -0.25) is 9.59 Å². The number of likely N-dealkylation sites (tertiary alicyclic amines) is 1. The van der Waals surface area contributed by atoms with Crippen molar-refractivity contribution in [2.75, 3.05) is 13.1 Å². The Morgan fingerprint density at radius 1 is 1.35 bits per heavy atom. The maximum Gasteiger partial charge on any atom is 0.274 e. The van der Waals surface area contributed by atoms with Gasteiger partial charge in [-0.25, -0.2) is 9.07 Å². The molecule has 120 valence electrons. The van der Waals surface area contributed by atoms with Crippen molar-refractivity contribution in [3.63, 3.8) is 0 Å². The van der Waals surface area contributed by atoms with E-state index in [0.717, 1.165) is 4.68 Å². The second-order valence-corrected chi connectivity index (χ2v) is 6.07. The number of hydrogen-bond acceptors (Lipinski definition) is 3. The van der Waals surface area contributed by atoms with Gasteiger partial charge in [0.15, 0.2) is 5.67 Å². The van der Waals surface area contributed by atoms with Gasteiger partial charge in [-0.05, 0) is 23.8 Å². The van der Waals surface area contributed by atoms with E-state index in [0.29, 0.717) is 10.6 Å². The molecule has 1 aliphatic rings. The first-order valence-corrected chi connectivity index (χ1v) is 7.55. The van der Waals surface area contributed by atoms with Crippen LogP contribution in [-0.4, -0.2) is 33.7 Å². The lowest BCUT2D eigenvalue weighted by Gasteiger charge is -2.21. The number of nitrogens with zero attached hydrogens (tertiary/aromatic N) is 3. The third-order valence-corrected chi connectivity index (χ3v) is 4.26. The van der Waals surface area contributed by atoms with Crippen LogP contribution in [0, 0.1) is 0 Å². The quantitative estimate of drug-likeness (QED) is 0.845. The largest absolute Gasteiger partial charge is 0.334 e. The van der Waals surface area contributed by atoms with E-state index in [1.165, 1.54) is 24.1 Å². The molecule has 1 aromatic carbocycles. The van der Waals surface area contributed by atoms with E-state index < -0.39 is 5.67 Å². The van der Waals surface area contributed by atoms with Crippen molar-refractivity contribution in [1.29, 1.82) is 0 Å². The Hall–Kier alpha value is -2.21. The number of alkyl halides is 1. The Labute approximate surface area is 137 Å². The van der Waals surface area contributed by atoms with Crippen molar-refractivity contribution >= 4 is 17.5 Å². The number of amides is 1. The van der Waals surface area contributed by atoms with Crippen LogP contribution in [0.1, 0.15) is 22.5 Å². The molecule has 3 rings (SSSR count). The van der Waals surface area contributed by atoms with Crippen LogP contribution in [0.15, 0.2) is 41.2 Å². The standard InChI is InChI=1S/C16H15ClFN3O2/c1-20-14(22)6-5-13(19-20)15(23)21-8-7-16(18,10-21)11-3-2-4-12(17)9-11/h2-6,9H,7-8,10H2,1H3. The molecule has 0 aliphatic carbocycles. The van der Waals surface area contributed by atoms with Crippen LogP contribution < -0.4 is 5.56 Å². The lowest BCUT2D eigenvalue weighted by Crippen LogP contribution is -2.34. The van der Waals surface area contributed by atoms with Gasteiger partial charge in [-0.15, -0.1) is 0 Å². The highest BCUT2D eigenvalue weighted by atomic mass is 35.5. The molecule has 1 amide bonds. The predicted octanol–water partition coefficient (Wildman–Crippen LogP) is 2.14. The van der Waals surface area contributed by atoms with Crippen molar-refractivity contribution in [3.05, 3.63) is 63.0 Å². The van der Waals surface area contributed by atoms with Gasteiger partial charge in [0, 0.05) is 31.1 Å². The lowest BCUT2D eigenvalue weighted by atomic mass is 9.95. The van der Waals surface area contributed by atoms with E-state index in [2.05, 4.69) is 5.10 Å². The average Bonchev–Trinajstić information content (AvgIpc) is 2.93. The number of benzene rings is 1. The molecule has 0 spiro atoms. The molecule has 0 saturated carbocycles. The van der Waals surface area contributed by atoms with Gasteiger partial charge in [0.25, 0.3) is 11.5 Å². The minimum Gasteiger partial charge on any atom is -0.334 e. The minimum atomic E-state index is -1.62. The van der Waals surface area contributed by atoms with Crippen LogP contribution >= 0.6 is 11.6 Å². The summed E-state index contributed by atoms with van der Waals surface area (Å²) in [5, 5.41) is 4.38. The first kappa shape index (κ1) is 15.7. The van der Waals surface area contributed by atoms with Gasteiger partial charge in [-0.1, -0.05) is 23.7 Å². The van der Waals surface area contributed by atoms with Gasteiger partial charge in [-0.2, -0.15) is 5.10 Å². The number of rotatable bonds is 2. The maximum absolute atomic E-state index is 15.2. The van der Waals surface area contributed by atoms with Crippen LogP contribution in [0.4, 0.5) is 4.39 Å². The normalized spacial score (nSPS) is 20.7. The molecule has 0 radical (unpaired) electrons. The van der Waals surface area contributed by atoms with Gasteiger partial charge in [0.1, 0.15) is 5.69 Å². The molecule has 23 heavy (non-hydrogen) atoms. The van der Waals surface area contributed by atoms with E-state index >= 15 is 4.39 Å². The third kappa shape index (κ3) is 2.99. The molecular weight excluding hydrogens is 321 g/mol. The molecular formula is C16H15ClFN3O2. The fourth-order valence-corrected chi connectivity index (χ4v) is 2.92. The Morgan fingerprint density at radius 3 is 2.83 bits per heavy atom. The van der Waals surface area contributed by atoms with Gasteiger partial charge in [0.2, 0.25) is 0 Å². The Balaban J connectivity index is 1.82. The van der Waals surface area contributed by atoms with Crippen molar-refractivity contribution in [2.45, 2.75) is 12.1 Å². The summed E-state index contributed by atoms with van der Waals surface area (Å²) in [6.07, 6.45) is 0.199. The molecule has 5 nitrogen and oxygen atoms in total. The SMILES string of the molecule is Cn1nc(C(=O)N2CCC(F)(c3cccc(Cl)c3)C2)ccc1=O. The minimum absolute atomic E-state index is 0.0588. The molecule has 1 aromatic heterocycles. The molecule has 7 heteroatoms. The summed E-state index contributed by atoms with van der Waals surface area (Å²) in [6, 6.07) is 9.27. The third-order valence-electron chi connectivity index (χ3n) is 4.03. The zero-order valence-corrected chi connectivity index (χ0v) is 13.3. The number of aromatic nitrogens is 2. The van der Waals surface area contributed by atoms with E-state index in [1.807, 2.05) is 0 Å². The zero-order chi connectivity index (χ0) is 16.6. The molecule has 1 aliphatic heterocycles. The summed E-state index contributed by atoms with van der Waals surface area (Å²) in [7, 11) is 1.47. The first-order valence-electron chi connectivity index (χ1n) is 7.18. The smallest absolute Gasteiger partial charge is 0.274 e. The highest BCUT2D eigenvalue weighted by Crippen LogP contribution is 2.37. The van der Waals surface area contributed by atoms with Crippen molar-refractivity contribution in [3.8, 4) is 0 Å². The van der Waals surface area contributed by atoms with E-state index in [1.54, 1.807) is 24.3 Å². The molecule has 0 bridgehead atoms. The molecule has 1 fully saturated rings. The van der Waals surface area contributed by atoms with Gasteiger partial charge >= 0.3 is 0 Å². The van der Waals surface area contributed by atoms with Crippen LogP contribution in [0.2, 0.25) is 5.02 Å². The lowest BCUT2D eigenvalue weighted by molar-refractivity contribution is 0.0742. The first-order chi connectivity index (χ1) is 10.9. The summed E-state index contributed by atoms with van der Waals surface area (Å²) in [5.74, 6) is -0.387. The molecule has 2 heterocycles. The highest BCUT2D eigenvalue weighted by molar-refractivity contribution is 6.30. The fourth-order valence-electron chi connectivity index (χ4n) is 2.73. The summed E-state index contributed by atoms with van der Waals surface area (Å²) in [5.41, 5.74) is -1.33. The zero-order valence-electron chi connectivity index (χ0n) is 12.5. The van der Waals surface area contributed by atoms with Crippen LogP contribution in [0.25, 0.3) is 0 Å². The molecule has 2 aromatic rings. The Morgan fingerprint density at radius 2 is 2.13 bits per heavy atom. The predicted molar refractivity (Wildman–Crippen MR) is 84.2 cm³/mol. The van der Waals surface area contributed by atoms with Crippen molar-refractivity contribution < 1.29 is 9.18 Å². The number of hydrogen-bond donors (Lipinski definition) is 0. The van der Waals surface area contributed by atoms with Crippen LogP contribution in [0.5, 0.6) is 0 Å². The van der Waals surface area contributed by atoms with Crippen LogP contribution in [-0.2, 0) is 12.7 Å². The summed E-state index contributed by atoms with van der Waals surface area (Å²) in [6.45, 7) is 0.225. The number of carbonyl (C=O) groups excluding carboxylic acids is 1. The van der Waals surface area contributed by atoms with E-state index in [9.17, 15) is 9.59 Å². The topological polar surface area (TPSA) is 55.2 Å². The Kier molecular flexibility index (Phi) is 3.93. The number of carbonyl (C=O) groups is 1. The van der Waals surface area contributed by atoms with Crippen molar-refractivity contribution in [1.82, 2.24) is 14.7 Å². The second kappa shape index (κ2) is 5.77. The number of halogens is 2. The highest BCUT2D eigenvalue weighted by Gasteiger charge is 2.42.